The molecule has 0 aliphatic carbocycles. The van der Waals surface area contributed by atoms with Gasteiger partial charge in [-0.3, -0.25) is 0 Å². The van der Waals surface area contributed by atoms with Crippen molar-refractivity contribution in [2.45, 2.75) is 64.6 Å². The van der Waals surface area contributed by atoms with E-state index in [0.29, 0.717) is 24.0 Å². The molecule has 1 aromatic rings. The van der Waals surface area contributed by atoms with Gasteiger partial charge in [-0.05, 0) is 43.4 Å². The van der Waals surface area contributed by atoms with Crippen LogP contribution in [0.2, 0.25) is 5.02 Å². The summed E-state index contributed by atoms with van der Waals surface area (Å²) in [4.78, 5) is 0. The Bertz CT molecular complexity index is 425. The second kappa shape index (κ2) is 10.2. The largest absolute Gasteiger partial charge is 0.390 e. The molecule has 22 heavy (non-hydrogen) atoms. The van der Waals surface area contributed by atoms with Crippen LogP contribution in [0, 0.1) is 5.92 Å². The second-order valence-corrected chi connectivity index (χ2v) is 7.14. The Morgan fingerprint density at radius 1 is 1.23 bits per heavy atom. The molecule has 0 spiro atoms. The summed E-state index contributed by atoms with van der Waals surface area (Å²) in [5, 5.41) is 14.3. The van der Waals surface area contributed by atoms with Crippen LogP contribution in [0.5, 0.6) is 0 Å². The van der Waals surface area contributed by atoms with Gasteiger partial charge in [0.15, 0.2) is 0 Å². The van der Waals surface area contributed by atoms with E-state index in [1.807, 2.05) is 24.3 Å². The molecule has 0 aliphatic rings. The Morgan fingerprint density at radius 3 is 2.59 bits per heavy atom. The maximum absolute atomic E-state index is 10.2. The van der Waals surface area contributed by atoms with Crippen molar-refractivity contribution in [2.75, 3.05) is 6.54 Å². The van der Waals surface area contributed by atoms with Gasteiger partial charge in [0.2, 0.25) is 0 Å². The number of hydrogen-bond donors (Lipinski definition) is 3. The van der Waals surface area contributed by atoms with Crippen LogP contribution in [0.4, 0.5) is 0 Å². The molecule has 0 fully saturated rings. The molecular formula is C18H31ClN2O. The van der Waals surface area contributed by atoms with E-state index in [-0.39, 0.29) is 6.04 Å². The molecule has 0 radical (unpaired) electrons. The monoisotopic (exact) mass is 326 g/mol. The minimum absolute atomic E-state index is 0.283. The summed E-state index contributed by atoms with van der Waals surface area (Å²) >= 11 is 5.97. The molecule has 3 nitrogen and oxygen atoms in total. The fourth-order valence-electron chi connectivity index (χ4n) is 2.48. The Balaban J connectivity index is 2.27. The highest BCUT2D eigenvalue weighted by Crippen LogP contribution is 2.13. The normalized spacial score (nSPS) is 15.8. The average Bonchev–Trinajstić information content (AvgIpc) is 2.44. The number of halogens is 1. The van der Waals surface area contributed by atoms with Crippen LogP contribution < -0.4 is 11.1 Å². The van der Waals surface area contributed by atoms with E-state index in [1.165, 1.54) is 12.8 Å². The molecule has 4 N–H and O–H groups in total. The smallest absolute Gasteiger partial charge is 0.0818 e. The highest BCUT2D eigenvalue weighted by molar-refractivity contribution is 6.30. The predicted octanol–water partition coefficient (Wildman–Crippen LogP) is 3.38. The van der Waals surface area contributed by atoms with Gasteiger partial charge in [-0.15, -0.1) is 0 Å². The van der Waals surface area contributed by atoms with Gasteiger partial charge in [0, 0.05) is 23.7 Å². The first-order chi connectivity index (χ1) is 10.4. The van der Waals surface area contributed by atoms with E-state index in [1.54, 1.807) is 0 Å². The van der Waals surface area contributed by atoms with Crippen LogP contribution in [0.3, 0.4) is 0 Å². The Morgan fingerprint density at radius 2 is 1.95 bits per heavy atom. The van der Waals surface area contributed by atoms with Crippen LogP contribution in [-0.2, 0) is 6.42 Å². The van der Waals surface area contributed by atoms with E-state index >= 15 is 0 Å². The van der Waals surface area contributed by atoms with Crippen molar-refractivity contribution in [3.05, 3.63) is 34.9 Å². The molecule has 4 heteroatoms. The molecule has 126 valence electrons. The Hall–Kier alpha value is -0.610. The summed E-state index contributed by atoms with van der Waals surface area (Å²) in [6, 6.07) is 7.76. The first-order valence-electron chi connectivity index (χ1n) is 8.30. The van der Waals surface area contributed by atoms with Gasteiger partial charge in [-0.2, -0.15) is 0 Å². The second-order valence-electron chi connectivity index (χ2n) is 6.70. The lowest BCUT2D eigenvalue weighted by Crippen LogP contribution is -2.45. The third-order valence-electron chi connectivity index (χ3n) is 3.95. The Labute approximate surface area is 140 Å². The fraction of sp³-hybridized carbons (Fsp3) is 0.667. The van der Waals surface area contributed by atoms with E-state index < -0.39 is 6.10 Å². The topological polar surface area (TPSA) is 58.3 Å². The first kappa shape index (κ1) is 19.4. The molecule has 0 saturated heterocycles. The number of benzene rings is 1. The third-order valence-corrected chi connectivity index (χ3v) is 4.18. The lowest BCUT2D eigenvalue weighted by molar-refractivity contribution is 0.138. The van der Waals surface area contributed by atoms with Gasteiger partial charge >= 0.3 is 0 Å². The van der Waals surface area contributed by atoms with Gasteiger partial charge in [-0.1, -0.05) is 50.4 Å². The summed E-state index contributed by atoms with van der Waals surface area (Å²) in [6.45, 7) is 7.19. The van der Waals surface area contributed by atoms with Crippen molar-refractivity contribution in [1.82, 2.24) is 5.32 Å². The Kier molecular flexibility index (Phi) is 9.03. The van der Waals surface area contributed by atoms with Gasteiger partial charge in [-0.25, -0.2) is 0 Å². The maximum atomic E-state index is 10.2. The van der Waals surface area contributed by atoms with Gasteiger partial charge in [0.05, 0.1) is 6.10 Å². The van der Waals surface area contributed by atoms with E-state index in [4.69, 9.17) is 17.3 Å². The molecule has 0 bridgehead atoms. The highest BCUT2D eigenvalue weighted by Gasteiger charge is 2.16. The number of aliphatic hydroxyl groups is 1. The predicted molar refractivity (Wildman–Crippen MR) is 95.3 cm³/mol. The zero-order chi connectivity index (χ0) is 16.5. The number of aliphatic hydroxyl groups excluding tert-OH is 1. The van der Waals surface area contributed by atoms with Gasteiger partial charge in [0.25, 0.3) is 0 Å². The van der Waals surface area contributed by atoms with E-state index in [0.717, 1.165) is 17.9 Å². The molecule has 1 aromatic carbocycles. The number of nitrogens with one attached hydrogen (secondary N) is 1. The van der Waals surface area contributed by atoms with Crippen LogP contribution in [0.15, 0.2) is 24.3 Å². The molecule has 1 unspecified atom stereocenters. The van der Waals surface area contributed by atoms with Crippen LogP contribution in [0.25, 0.3) is 0 Å². The molecule has 3 atom stereocenters. The summed E-state index contributed by atoms with van der Waals surface area (Å²) in [6.07, 6.45) is 3.69. The summed E-state index contributed by atoms with van der Waals surface area (Å²) in [5.74, 6) is 0.754. The molecule has 0 aliphatic heterocycles. The van der Waals surface area contributed by atoms with Gasteiger partial charge in [0.1, 0.15) is 0 Å². The molecule has 0 aromatic heterocycles. The highest BCUT2D eigenvalue weighted by atomic mass is 35.5. The average molecular weight is 327 g/mol. The number of hydrogen-bond acceptors (Lipinski definition) is 3. The van der Waals surface area contributed by atoms with Crippen molar-refractivity contribution in [1.29, 1.82) is 0 Å². The van der Waals surface area contributed by atoms with Crippen LogP contribution >= 0.6 is 11.6 Å². The minimum Gasteiger partial charge on any atom is -0.390 e. The third kappa shape index (κ3) is 8.14. The lowest BCUT2D eigenvalue weighted by atomic mass is 10.0. The first-order valence-corrected chi connectivity index (χ1v) is 8.67. The summed E-state index contributed by atoms with van der Waals surface area (Å²) in [7, 11) is 0. The van der Waals surface area contributed by atoms with Crippen molar-refractivity contribution in [3.63, 3.8) is 0 Å². The van der Waals surface area contributed by atoms with E-state index in [9.17, 15) is 5.11 Å². The van der Waals surface area contributed by atoms with E-state index in [2.05, 4.69) is 26.1 Å². The fourth-order valence-corrected chi connectivity index (χ4v) is 2.69. The minimum atomic E-state index is -0.550. The number of rotatable bonds is 10. The quantitative estimate of drug-likeness (QED) is 0.618. The molecule has 0 amide bonds. The van der Waals surface area contributed by atoms with Gasteiger partial charge < -0.3 is 16.2 Å². The molecule has 1 rings (SSSR count). The lowest BCUT2D eigenvalue weighted by Gasteiger charge is -2.22. The maximum Gasteiger partial charge on any atom is 0.0818 e. The van der Waals surface area contributed by atoms with Crippen molar-refractivity contribution < 1.29 is 5.11 Å². The van der Waals surface area contributed by atoms with Crippen LogP contribution in [-0.4, -0.2) is 29.8 Å². The summed E-state index contributed by atoms with van der Waals surface area (Å²) < 4.78 is 0. The molecular weight excluding hydrogens is 296 g/mol. The number of nitrogens with two attached hydrogens (primary N) is 1. The zero-order valence-corrected chi connectivity index (χ0v) is 14.8. The molecule has 0 saturated carbocycles. The zero-order valence-electron chi connectivity index (χ0n) is 14.1. The van der Waals surface area contributed by atoms with Crippen LogP contribution in [0.1, 0.15) is 45.6 Å². The summed E-state index contributed by atoms with van der Waals surface area (Å²) in [5.41, 5.74) is 7.15. The van der Waals surface area contributed by atoms with Crippen molar-refractivity contribution in [3.8, 4) is 0 Å². The molecule has 0 heterocycles. The SMILES string of the molecule is CC(C)CCCC(C)NC[C@@H](O)[C@@H](N)Cc1cccc(Cl)c1. The van der Waals surface area contributed by atoms with Crippen molar-refractivity contribution in [2.24, 2.45) is 11.7 Å². The van der Waals surface area contributed by atoms with Crippen molar-refractivity contribution >= 4 is 11.6 Å². The standard InChI is InChI=1S/C18H31ClN2O/c1-13(2)6-4-7-14(3)21-12-18(22)17(20)11-15-8-5-9-16(19)10-15/h5,8-10,13-14,17-18,21-22H,4,6-7,11-12,20H2,1-3H3/t14?,17-,18+/m0/s1.